The van der Waals surface area contributed by atoms with Gasteiger partial charge in [0.05, 0.1) is 0 Å². The molecule has 2 atom stereocenters. The van der Waals surface area contributed by atoms with Crippen molar-refractivity contribution >= 4 is 11.9 Å². The second-order valence-corrected chi connectivity index (χ2v) is 3.90. The van der Waals surface area contributed by atoms with Gasteiger partial charge >= 0.3 is 5.97 Å². The number of phenolic OH excluding ortho intramolecular Hbond substituents is 1. The zero-order chi connectivity index (χ0) is 13.0. The maximum absolute atomic E-state index is 11.1. The van der Waals surface area contributed by atoms with E-state index in [4.69, 9.17) is 10.2 Å². The quantitative estimate of drug-likeness (QED) is 0.731. The van der Waals surface area contributed by atoms with Crippen molar-refractivity contribution in [2.24, 2.45) is 0 Å². The van der Waals surface area contributed by atoms with Gasteiger partial charge in [-0.05, 0) is 17.7 Å². The molecular weight excluding hydrogens is 222 g/mol. The van der Waals surface area contributed by atoms with Gasteiger partial charge in [0.2, 0.25) is 5.91 Å². The van der Waals surface area contributed by atoms with Crippen LogP contribution in [0.15, 0.2) is 24.3 Å². The number of carbonyl (C=O) groups is 2. The number of benzene rings is 1. The summed E-state index contributed by atoms with van der Waals surface area (Å²) in [5.41, 5.74) is 0.740. The molecule has 5 nitrogen and oxygen atoms in total. The van der Waals surface area contributed by atoms with Crippen LogP contribution >= 0.6 is 0 Å². The van der Waals surface area contributed by atoms with Crippen LogP contribution in [-0.2, 0) is 9.59 Å². The van der Waals surface area contributed by atoms with E-state index < -0.39 is 12.0 Å². The van der Waals surface area contributed by atoms with Gasteiger partial charge in [-0.25, -0.2) is 4.79 Å². The lowest BCUT2D eigenvalue weighted by atomic mass is 9.93. The lowest BCUT2D eigenvalue weighted by Crippen LogP contribution is -2.43. The standard InChI is InChI=1S/C12H15NO4/c1-7(9-3-5-10(15)6-4-9)11(12(16)17)13-8(2)14/h3-7,11,15H,1-2H3,(H,13,14)(H,16,17)/t7?,11-/m1/s1. The summed E-state index contributed by atoms with van der Waals surface area (Å²) in [5.74, 6) is -1.73. The van der Waals surface area contributed by atoms with Crippen LogP contribution in [0.4, 0.5) is 0 Å². The zero-order valence-corrected chi connectivity index (χ0v) is 9.68. The molecule has 3 N–H and O–H groups in total. The van der Waals surface area contributed by atoms with Crippen molar-refractivity contribution in [3.05, 3.63) is 29.8 Å². The van der Waals surface area contributed by atoms with Gasteiger partial charge in [0.25, 0.3) is 0 Å². The van der Waals surface area contributed by atoms with Crippen molar-refractivity contribution in [3.63, 3.8) is 0 Å². The Bertz CT molecular complexity index is 413. The van der Waals surface area contributed by atoms with Crippen molar-refractivity contribution in [2.75, 3.05) is 0 Å². The molecule has 0 aliphatic carbocycles. The lowest BCUT2D eigenvalue weighted by molar-refractivity contribution is -0.142. The molecule has 0 saturated carbocycles. The fraction of sp³-hybridized carbons (Fsp3) is 0.333. The van der Waals surface area contributed by atoms with Gasteiger partial charge in [0.15, 0.2) is 0 Å². The maximum Gasteiger partial charge on any atom is 0.326 e. The first-order valence-corrected chi connectivity index (χ1v) is 5.20. The van der Waals surface area contributed by atoms with Gasteiger partial charge in [0.1, 0.15) is 11.8 Å². The number of aliphatic carboxylic acids is 1. The summed E-state index contributed by atoms with van der Waals surface area (Å²) < 4.78 is 0. The van der Waals surface area contributed by atoms with E-state index in [1.807, 2.05) is 0 Å². The van der Waals surface area contributed by atoms with Gasteiger partial charge in [-0.2, -0.15) is 0 Å². The molecule has 17 heavy (non-hydrogen) atoms. The summed E-state index contributed by atoms with van der Waals surface area (Å²) in [5, 5.41) is 20.6. The SMILES string of the molecule is CC(=O)N[C@@H](C(=O)O)C(C)c1ccc(O)cc1. The third-order valence-corrected chi connectivity index (χ3v) is 2.54. The third-order valence-electron chi connectivity index (χ3n) is 2.54. The van der Waals surface area contributed by atoms with Crippen LogP contribution in [0.5, 0.6) is 5.75 Å². The molecular formula is C12H15NO4. The first kappa shape index (κ1) is 13.0. The number of amides is 1. The fourth-order valence-electron chi connectivity index (χ4n) is 1.59. The summed E-state index contributed by atoms with van der Waals surface area (Å²) in [6.07, 6.45) is 0. The molecule has 1 rings (SSSR count). The largest absolute Gasteiger partial charge is 0.508 e. The normalized spacial score (nSPS) is 13.8. The highest BCUT2D eigenvalue weighted by molar-refractivity contribution is 5.83. The fourth-order valence-corrected chi connectivity index (χ4v) is 1.59. The number of carboxylic acids is 1. The molecule has 1 aromatic rings. The molecule has 1 amide bonds. The molecule has 0 saturated heterocycles. The number of nitrogens with one attached hydrogen (secondary N) is 1. The Morgan fingerprint density at radius 3 is 2.18 bits per heavy atom. The van der Waals surface area contributed by atoms with Crippen LogP contribution in [0.3, 0.4) is 0 Å². The van der Waals surface area contributed by atoms with Crippen LogP contribution in [-0.4, -0.2) is 28.1 Å². The monoisotopic (exact) mass is 237 g/mol. The van der Waals surface area contributed by atoms with E-state index in [1.165, 1.54) is 19.1 Å². The molecule has 0 aliphatic heterocycles. The van der Waals surface area contributed by atoms with E-state index in [1.54, 1.807) is 19.1 Å². The minimum absolute atomic E-state index is 0.118. The van der Waals surface area contributed by atoms with Crippen LogP contribution in [0.25, 0.3) is 0 Å². The molecule has 1 unspecified atom stereocenters. The molecule has 0 heterocycles. The van der Waals surface area contributed by atoms with Gasteiger partial charge < -0.3 is 15.5 Å². The molecule has 0 aliphatic rings. The molecule has 0 spiro atoms. The van der Waals surface area contributed by atoms with E-state index >= 15 is 0 Å². The number of rotatable bonds is 4. The molecule has 5 heteroatoms. The Balaban J connectivity index is 2.91. The van der Waals surface area contributed by atoms with Crippen molar-refractivity contribution < 1.29 is 19.8 Å². The van der Waals surface area contributed by atoms with E-state index in [9.17, 15) is 9.59 Å². The van der Waals surface area contributed by atoms with E-state index in [-0.39, 0.29) is 17.6 Å². The average Bonchev–Trinajstić information content (AvgIpc) is 2.25. The van der Waals surface area contributed by atoms with Gasteiger partial charge in [0, 0.05) is 12.8 Å². The molecule has 0 fully saturated rings. The molecule has 0 radical (unpaired) electrons. The topological polar surface area (TPSA) is 86.6 Å². The Morgan fingerprint density at radius 2 is 1.76 bits per heavy atom. The smallest absolute Gasteiger partial charge is 0.326 e. The van der Waals surface area contributed by atoms with Crippen molar-refractivity contribution in [2.45, 2.75) is 25.8 Å². The predicted octanol–water partition coefficient (Wildman–Crippen LogP) is 1.08. The summed E-state index contributed by atoms with van der Waals surface area (Å²) >= 11 is 0. The second-order valence-electron chi connectivity index (χ2n) is 3.90. The molecule has 1 aromatic carbocycles. The first-order chi connectivity index (χ1) is 7.91. The van der Waals surface area contributed by atoms with Gasteiger partial charge in [-0.15, -0.1) is 0 Å². The zero-order valence-electron chi connectivity index (χ0n) is 9.68. The van der Waals surface area contributed by atoms with Gasteiger partial charge in [-0.1, -0.05) is 19.1 Å². The predicted molar refractivity (Wildman–Crippen MR) is 61.8 cm³/mol. The summed E-state index contributed by atoms with van der Waals surface area (Å²) in [4.78, 5) is 22.0. The molecule has 92 valence electrons. The minimum atomic E-state index is -1.08. The minimum Gasteiger partial charge on any atom is -0.508 e. The summed E-state index contributed by atoms with van der Waals surface area (Å²) in [6, 6.07) is 5.27. The van der Waals surface area contributed by atoms with Crippen LogP contribution in [0, 0.1) is 0 Å². The second kappa shape index (κ2) is 5.34. The lowest BCUT2D eigenvalue weighted by Gasteiger charge is -2.21. The van der Waals surface area contributed by atoms with Crippen LogP contribution in [0.2, 0.25) is 0 Å². The number of carbonyl (C=O) groups excluding carboxylic acids is 1. The van der Waals surface area contributed by atoms with E-state index in [0.717, 1.165) is 5.56 Å². The van der Waals surface area contributed by atoms with E-state index in [2.05, 4.69) is 5.32 Å². The molecule has 0 bridgehead atoms. The Labute approximate surface area is 99.1 Å². The summed E-state index contributed by atoms with van der Waals surface area (Å²) in [6.45, 7) is 2.99. The number of carboxylic acid groups (broad SMARTS) is 1. The van der Waals surface area contributed by atoms with Crippen molar-refractivity contribution in [1.82, 2.24) is 5.32 Å². The van der Waals surface area contributed by atoms with Crippen molar-refractivity contribution in [3.8, 4) is 5.75 Å². The Hall–Kier alpha value is -2.04. The maximum atomic E-state index is 11.1. The number of aromatic hydroxyl groups is 1. The van der Waals surface area contributed by atoms with E-state index in [0.29, 0.717) is 0 Å². The first-order valence-electron chi connectivity index (χ1n) is 5.20. The van der Waals surface area contributed by atoms with Gasteiger partial charge in [-0.3, -0.25) is 4.79 Å². The highest BCUT2D eigenvalue weighted by atomic mass is 16.4. The highest BCUT2D eigenvalue weighted by Crippen LogP contribution is 2.21. The highest BCUT2D eigenvalue weighted by Gasteiger charge is 2.26. The third kappa shape index (κ3) is 3.48. The Kier molecular flexibility index (Phi) is 4.09. The molecule has 0 aromatic heterocycles. The number of hydrogen-bond donors (Lipinski definition) is 3. The summed E-state index contributed by atoms with van der Waals surface area (Å²) in [7, 11) is 0. The van der Waals surface area contributed by atoms with Crippen LogP contribution in [0.1, 0.15) is 25.3 Å². The van der Waals surface area contributed by atoms with Crippen molar-refractivity contribution in [1.29, 1.82) is 0 Å². The Morgan fingerprint density at radius 1 is 1.24 bits per heavy atom. The number of phenols is 1. The average molecular weight is 237 g/mol. The number of hydrogen-bond acceptors (Lipinski definition) is 3. The van der Waals surface area contributed by atoms with Crippen LogP contribution < -0.4 is 5.32 Å².